The third kappa shape index (κ3) is 5.66. The van der Waals surface area contributed by atoms with Crippen LogP contribution < -0.4 is 11.3 Å². The lowest BCUT2D eigenvalue weighted by Gasteiger charge is -1.99. The van der Waals surface area contributed by atoms with Crippen molar-refractivity contribution in [1.29, 1.82) is 0 Å². The Bertz CT molecular complexity index is 694. The minimum absolute atomic E-state index is 0.193. The van der Waals surface area contributed by atoms with Crippen LogP contribution in [0.15, 0.2) is 45.3 Å². The van der Waals surface area contributed by atoms with Gasteiger partial charge in [-0.1, -0.05) is 0 Å². The maximum Gasteiger partial charge on any atom is 0.337 e. The second-order valence-electron chi connectivity index (χ2n) is 4.22. The van der Waals surface area contributed by atoms with Gasteiger partial charge in [-0.3, -0.25) is 10.2 Å². The van der Waals surface area contributed by atoms with E-state index in [0.717, 1.165) is 12.1 Å². The Kier molecular flexibility index (Phi) is 7.96. The number of amides is 1. The van der Waals surface area contributed by atoms with Gasteiger partial charge in [-0.2, -0.15) is 0 Å². The second-order valence-corrected chi connectivity index (χ2v) is 5.93. The highest BCUT2D eigenvalue weighted by Gasteiger charge is 2.07. The molecule has 0 heterocycles. The molecule has 0 radical (unpaired) electrons. The first kappa shape index (κ1) is 20.2. The molecule has 0 aliphatic carbocycles. The van der Waals surface area contributed by atoms with Gasteiger partial charge in [0.2, 0.25) is 0 Å². The number of hydrogen-bond acceptors (Lipinski definition) is 4. The molecule has 2 aromatic rings. The van der Waals surface area contributed by atoms with E-state index in [1.165, 1.54) is 31.4 Å². The Morgan fingerprint density at radius 3 is 1.88 bits per heavy atom. The van der Waals surface area contributed by atoms with Crippen LogP contribution in [0.1, 0.15) is 20.7 Å². The van der Waals surface area contributed by atoms with E-state index in [4.69, 9.17) is 5.84 Å². The van der Waals surface area contributed by atoms with Crippen molar-refractivity contribution in [2.75, 3.05) is 7.11 Å². The molecular weight excluding hydrogens is 454 g/mol. The lowest BCUT2D eigenvalue weighted by atomic mass is 10.2. The van der Waals surface area contributed by atoms with Crippen LogP contribution in [0.3, 0.4) is 0 Å². The molecule has 0 fully saturated rings. The van der Waals surface area contributed by atoms with E-state index in [2.05, 4.69) is 36.6 Å². The van der Waals surface area contributed by atoms with Crippen LogP contribution in [0.25, 0.3) is 0 Å². The molecule has 9 heteroatoms. The zero-order chi connectivity index (χ0) is 18.3. The zero-order valence-corrected chi connectivity index (χ0v) is 15.5. The highest BCUT2D eigenvalue weighted by Crippen LogP contribution is 2.17. The number of halogens is 4. The number of esters is 1. The minimum atomic E-state index is -0.540. The number of carbonyl (C=O) groups is 2. The average molecular weight is 466 g/mol. The van der Waals surface area contributed by atoms with Crippen LogP contribution in [0.4, 0.5) is 8.78 Å². The molecule has 0 saturated carbocycles. The summed E-state index contributed by atoms with van der Waals surface area (Å²) in [6.07, 6.45) is 0. The summed E-state index contributed by atoms with van der Waals surface area (Å²) in [5, 5.41) is 0. The van der Waals surface area contributed by atoms with Crippen molar-refractivity contribution in [3.63, 3.8) is 0 Å². The number of benzene rings is 2. The predicted molar refractivity (Wildman–Crippen MR) is 91.2 cm³/mol. The van der Waals surface area contributed by atoms with Gasteiger partial charge < -0.3 is 4.74 Å². The lowest BCUT2D eigenvalue weighted by Crippen LogP contribution is -2.29. The highest BCUT2D eigenvalue weighted by atomic mass is 79.9. The number of ether oxygens (including phenoxy) is 1. The van der Waals surface area contributed by atoms with Crippen molar-refractivity contribution in [3.05, 3.63) is 68.1 Å². The van der Waals surface area contributed by atoms with E-state index in [0.29, 0.717) is 8.95 Å². The third-order valence-corrected chi connectivity index (χ3v) is 3.94. The van der Waals surface area contributed by atoms with E-state index in [9.17, 15) is 18.4 Å². The van der Waals surface area contributed by atoms with Gasteiger partial charge in [0, 0.05) is 5.56 Å². The number of nitrogen functional groups attached to an aromatic ring is 1. The number of rotatable bonds is 2. The fourth-order valence-electron chi connectivity index (χ4n) is 1.46. The summed E-state index contributed by atoms with van der Waals surface area (Å²) in [4.78, 5) is 21.7. The maximum absolute atomic E-state index is 12.8. The van der Waals surface area contributed by atoms with Gasteiger partial charge in [0.25, 0.3) is 5.91 Å². The number of nitrogens with two attached hydrogens (primary N) is 1. The monoisotopic (exact) mass is 464 g/mol. The Labute approximate surface area is 153 Å². The van der Waals surface area contributed by atoms with Crippen LogP contribution in [-0.2, 0) is 4.74 Å². The Morgan fingerprint density at radius 1 is 1.00 bits per heavy atom. The SMILES string of the molecule is COC(=O)c1ccc(Br)c(F)c1.NNC(=O)c1ccc(Br)c(F)c1. The van der Waals surface area contributed by atoms with E-state index in [1.54, 1.807) is 0 Å². The molecule has 2 aromatic carbocycles. The highest BCUT2D eigenvalue weighted by molar-refractivity contribution is 9.10. The van der Waals surface area contributed by atoms with E-state index in [-0.39, 0.29) is 11.1 Å². The summed E-state index contributed by atoms with van der Waals surface area (Å²) >= 11 is 5.94. The van der Waals surface area contributed by atoms with Gasteiger partial charge in [0.05, 0.1) is 21.6 Å². The number of hydrogen-bond donors (Lipinski definition) is 2. The standard InChI is InChI=1S/C8H6BrFO2.C7H6BrFN2O/c1-12-8(11)5-2-3-6(9)7(10)4-5;8-5-2-1-4(3-6(5)9)7(12)11-10/h2-4H,1H3;1-3H,10H2,(H,11,12). The molecule has 0 aromatic heterocycles. The van der Waals surface area contributed by atoms with Crippen molar-refractivity contribution in [3.8, 4) is 0 Å². The van der Waals surface area contributed by atoms with E-state index in [1.807, 2.05) is 5.43 Å². The molecule has 128 valence electrons. The molecule has 0 bridgehead atoms. The van der Waals surface area contributed by atoms with Crippen LogP contribution in [-0.4, -0.2) is 19.0 Å². The smallest absolute Gasteiger partial charge is 0.337 e. The summed E-state index contributed by atoms with van der Waals surface area (Å²) < 4.78 is 30.7. The largest absolute Gasteiger partial charge is 0.465 e. The van der Waals surface area contributed by atoms with Gasteiger partial charge >= 0.3 is 5.97 Å². The number of methoxy groups -OCH3 is 1. The van der Waals surface area contributed by atoms with Crippen LogP contribution in [0.5, 0.6) is 0 Å². The Hall–Kier alpha value is -1.84. The summed E-state index contributed by atoms with van der Waals surface area (Å²) in [5.41, 5.74) is 2.31. The van der Waals surface area contributed by atoms with Crippen LogP contribution in [0.2, 0.25) is 0 Å². The predicted octanol–water partition coefficient (Wildman–Crippen LogP) is 3.57. The second kappa shape index (κ2) is 9.45. The minimum Gasteiger partial charge on any atom is -0.465 e. The Balaban J connectivity index is 0.000000240. The first-order valence-electron chi connectivity index (χ1n) is 6.29. The average Bonchev–Trinajstić information content (AvgIpc) is 2.58. The molecule has 0 aliphatic heterocycles. The maximum atomic E-state index is 12.8. The van der Waals surface area contributed by atoms with Crippen LogP contribution >= 0.6 is 31.9 Å². The lowest BCUT2D eigenvalue weighted by molar-refractivity contribution is 0.0600. The van der Waals surface area contributed by atoms with E-state index >= 15 is 0 Å². The van der Waals surface area contributed by atoms with Crippen molar-refractivity contribution in [1.82, 2.24) is 5.43 Å². The first-order valence-corrected chi connectivity index (χ1v) is 7.88. The molecule has 3 N–H and O–H groups in total. The summed E-state index contributed by atoms with van der Waals surface area (Å²) in [6.45, 7) is 0. The van der Waals surface area contributed by atoms with Gasteiger partial charge in [-0.15, -0.1) is 0 Å². The molecule has 1 amide bonds. The molecular formula is C15H12Br2F2N2O3. The fraction of sp³-hybridized carbons (Fsp3) is 0.0667. The molecule has 5 nitrogen and oxygen atoms in total. The molecule has 0 aliphatic rings. The van der Waals surface area contributed by atoms with Crippen molar-refractivity contribution >= 4 is 43.7 Å². The molecule has 2 rings (SSSR count). The molecule has 0 spiro atoms. The normalized spacial score (nSPS) is 9.58. The molecule has 0 atom stereocenters. The molecule has 0 saturated heterocycles. The van der Waals surface area contributed by atoms with Gasteiger partial charge in [-0.25, -0.2) is 19.4 Å². The van der Waals surface area contributed by atoms with Crippen molar-refractivity contribution in [2.24, 2.45) is 5.84 Å². The number of hydrazine groups is 1. The fourth-order valence-corrected chi connectivity index (χ4v) is 1.95. The third-order valence-electron chi connectivity index (χ3n) is 2.65. The van der Waals surface area contributed by atoms with Gasteiger partial charge in [0.15, 0.2) is 0 Å². The molecule has 0 unspecified atom stereocenters. The van der Waals surface area contributed by atoms with E-state index < -0.39 is 23.5 Å². The molecule has 24 heavy (non-hydrogen) atoms. The van der Waals surface area contributed by atoms with Gasteiger partial charge in [-0.05, 0) is 68.3 Å². The quantitative estimate of drug-likeness (QED) is 0.307. The Morgan fingerprint density at radius 2 is 1.46 bits per heavy atom. The topological polar surface area (TPSA) is 81.4 Å². The van der Waals surface area contributed by atoms with Crippen molar-refractivity contribution in [2.45, 2.75) is 0 Å². The van der Waals surface area contributed by atoms with Crippen LogP contribution in [0, 0.1) is 11.6 Å². The zero-order valence-electron chi connectivity index (χ0n) is 12.3. The summed E-state index contributed by atoms with van der Waals surface area (Å²) in [7, 11) is 1.25. The summed E-state index contributed by atoms with van der Waals surface area (Å²) in [5.74, 6) is 2.84. The number of nitrogens with one attached hydrogen (secondary N) is 1. The van der Waals surface area contributed by atoms with Gasteiger partial charge in [0.1, 0.15) is 11.6 Å². The van der Waals surface area contributed by atoms with Crippen molar-refractivity contribution < 1.29 is 23.1 Å². The summed E-state index contributed by atoms with van der Waals surface area (Å²) in [6, 6.07) is 8.08. The number of carbonyl (C=O) groups excluding carboxylic acids is 2. The first-order chi connectivity index (χ1) is 11.3.